The Morgan fingerprint density at radius 3 is 2.37 bits per heavy atom. The van der Waals surface area contributed by atoms with E-state index in [1.165, 1.54) is 0 Å². The Kier molecular flexibility index (Phi) is 6.99. The lowest BCUT2D eigenvalue weighted by atomic mass is 9.90. The molecule has 0 unspecified atom stereocenters. The van der Waals surface area contributed by atoms with Gasteiger partial charge in [0.25, 0.3) is 0 Å². The third-order valence-electron chi connectivity index (χ3n) is 4.82. The van der Waals surface area contributed by atoms with Crippen LogP contribution in [0, 0.1) is 0 Å². The molecule has 5 nitrogen and oxygen atoms in total. The summed E-state index contributed by atoms with van der Waals surface area (Å²) in [6.07, 6.45) is -4.25. The standard InChI is InChI=1S/C20H22ClIO5/c1-26-14-5-2-11(3-6-14)8-13-9-12(4-7-15(13)21)20-19(25)18(24)17(23)16(10-22)27-20/h2-7,9,16-20,23-25H,8,10H2,1H3/t16-,17-,18+,19-,20+/m1/s1. The average molecular weight is 505 g/mol. The highest BCUT2D eigenvalue weighted by molar-refractivity contribution is 14.1. The van der Waals surface area contributed by atoms with Crippen LogP contribution in [0.15, 0.2) is 42.5 Å². The Morgan fingerprint density at radius 1 is 1.04 bits per heavy atom. The van der Waals surface area contributed by atoms with Gasteiger partial charge in [-0.1, -0.05) is 58.5 Å². The number of aliphatic hydroxyl groups excluding tert-OH is 3. The molecule has 3 rings (SSSR count). The maximum atomic E-state index is 10.4. The van der Waals surface area contributed by atoms with Gasteiger partial charge in [0.15, 0.2) is 0 Å². The third-order valence-corrected chi connectivity index (χ3v) is 6.05. The predicted molar refractivity (Wildman–Crippen MR) is 112 cm³/mol. The number of benzene rings is 2. The van der Waals surface area contributed by atoms with Crippen LogP contribution < -0.4 is 4.74 Å². The number of hydrogen-bond acceptors (Lipinski definition) is 5. The second-order valence-electron chi connectivity index (χ2n) is 6.60. The van der Waals surface area contributed by atoms with Gasteiger partial charge in [0.05, 0.1) is 13.2 Å². The summed E-state index contributed by atoms with van der Waals surface area (Å²) in [4.78, 5) is 0. The van der Waals surface area contributed by atoms with Crippen molar-refractivity contribution in [1.82, 2.24) is 0 Å². The van der Waals surface area contributed by atoms with Crippen LogP contribution in [0.1, 0.15) is 22.8 Å². The van der Waals surface area contributed by atoms with E-state index in [0.29, 0.717) is 15.9 Å². The smallest absolute Gasteiger partial charge is 0.118 e. The molecule has 3 N–H and O–H groups in total. The van der Waals surface area contributed by atoms with Gasteiger partial charge in [0.2, 0.25) is 0 Å². The monoisotopic (exact) mass is 504 g/mol. The zero-order chi connectivity index (χ0) is 19.6. The quantitative estimate of drug-likeness (QED) is 0.431. The molecular weight excluding hydrogens is 483 g/mol. The van der Waals surface area contributed by atoms with Crippen molar-refractivity contribution in [3.8, 4) is 5.75 Å². The lowest BCUT2D eigenvalue weighted by molar-refractivity contribution is -0.217. The minimum atomic E-state index is -1.26. The Labute approximate surface area is 177 Å². The molecular formula is C20H22ClIO5. The SMILES string of the molecule is COc1ccc(Cc2cc([C@@H]3O[C@H](CI)[C@@H](O)[C@H](O)[C@H]3O)ccc2Cl)cc1. The Balaban J connectivity index is 1.85. The molecule has 0 saturated carbocycles. The number of halogens is 2. The first kappa shape index (κ1) is 20.8. The molecule has 2 aromatic rings. The van der Waals surface area contributed by atoms with Gasteiger partial charge in [0, 0.05) is 9.45 Å². The predicted octanol–water partition coefficient (Wildman–Crippen LogP) is 2.90. The second-order valence-corrected chi connectivity index (χ2v) is 7.88. The maximum Gasteiger partial charge on any atom is 0.118 e. The summed E-state index contributed by atoms with van der Waals surface area (Å²) in [5, 5.41) is 31.2. The Hall–Kier alpha value is -0.900. The summed E-state index contributed by atoms with van der Waals surface area (Å²) in [5.41, 5.74) is 2.68. The van der Waals surface area contributed by atoms with Crippen LogP contribution in [-0.2, 0) is 11.2 Å². The van der Waals surface area contributed by atoms with Crippen molar-refractivity contribution in [2.45, 2.75) is 36.9 Å². The fourth-order valence-electron chi connectivity index (χ4n) is 3.22. The zero-order valence-electron chi connectivity index (χ0n) is 14.8. The lowest BCUT2D eigenvalue weighted by Crippen LogP contribution is -2.54. The minimum absolute atomic E-state index is 0.505. The highest BCUT2D eigenvalue weighted by atomic mass is 127. The van der Waals surface area contributed by atoms with Gasteiger partial charge in [-0.05, 0) is 41.3 Å². The fourth-order valence-corrected chi connectivity index (χ4v) is 4.14. The summed E-state index contributed by atoms with van der Waals surface area (Å²) < 4.78 is 11.5. The number of methoxy groups -OCH3 is 1. The summed E-state index contributed by atoms with van der Waals surface area (Å²) >= 11 is 8.46. The summed E-state index contributed by atoms with van der Waals surface area (Å²) in [5.74, 6) is 0.787. The van der Waals surface area contributed by atoms with Gasteiger partial charge in [-0.3, -0.25) is 0 Å². The lowest BCUT2D eigenvalue weighted by Gasteiger charge is -2.40. The van der Waals surface area contributed by atoms with Crippen LogP contribution in [0.2, 0.25) is 5.02 Å². The molecule has 1 saturated heterocycles. The Bertz CT molecular complexity index is 767. The highest BCUT2D eigenvalue weighted by Crippen LogP contribution is 2.35. The molecule has 146 valence electrons. The van der Waals surface area contributed by atoms with Gasteiger partial charge >= 0.3 is 0 Å². The van der Waals surface area contributed by atoms with E-state index in [9.17, 15) is 15.3 Å². The molecule has 1 fully saturated rings. The van der Waals surface area contributed by atoms with Crippen LogP contribution in [0.3, 0.4) is 0 Å². The second kappa shape index (κ2) is 9.07. The van der Waals surface area contributed by atoms with E-state index in [-0.39, 0.29) is 0 Å². The number of rotatable bonds is 5. The first-order valence-corrected chi connectivity index (χ1v) is 10.5. The zero-order valence-corrected chi connectivity index (χ0v) is 17.7. The topological polar surface area (TPSA) is 79.2 Å². The average Bonchev–Trinajstić information content (AvgIpc) is 2.69. The van der Waals surface area contributed by atoms with Crippen molar-refractivity contribution < 1.29 is 24.8 Å². The molecule has 27 heavy (non-hydrogen) atoms. The molecule has 1 aliphatic rings. The highest BCUT2D eigenvalue weighted by Gasteiger charge is 2.43. The van der Waals surface area contributed by atoms with Crippen LogP contribution >= 0.6 is 34.2 Å². The molecule has 0 bridgehead atoms. The van der Waals surface area contributed by atoms with E-state index < -0.39 is 30.5 Å². The molecule has 2 aromatic carbocycles. The van der Waals surface area contributed by atoms with E-state index in [0.717, 1.165) is 22.4 Å². The van der Waals surface area contributed by atoms with Gasteiger partial charge in [-0.15, -0.1) is 0 Å². The van der Waals surface area contributed by atoms with E-state index in [1.807, 2.05) is 30.3 Å². The van der Waals surface area contributed by atoms with E-state index in [2.05, 4.69) is 22.6 Å². The Morgan fingerprint density at radius 2 is 1.74 bits per heavy atom. The van der Waals surface area contributed by atoms with Crippen molar-refractivity contribution in [3.63, 3.8) is 0 Å². The van der Waals surface area contributed by atoms with Crippen LogP contribution in [0.5, 0.6) is 5.75 Å². The third kappa shape index (κ3) is 4.58. The molecule has 0 aromatic heterocycles. The van der Waals surface area contributed by atoms with Crippen molar-refractivity contribution in [1.29, 1.82) is 0 Å². The summed E-state index contributed by atoms with van der Waals surface area (Å²) in [7, 11) is 1.62. The molecule has 0 radical (unpaired) electrons. The van der Waals surface area contributed by atoms with E-state index in [4.69, 9.17) is 21.1 Å². The molecule has 5 atom stereocenters. The molecule has 7 heteroatoms. The number of hydrogen-bond donors (Lipinski definition) is 3. The van der Waals surface area contributed by atoms with Crippen molar-refractivity contribution in [3.05, 3.63) is 64.2 Å². The van der Waals surface area contributed by atoms with E-state index in [1.54, 1.807) is 19.2 Å². The van der Waals surface area contributed by atoms with Crippen LogP contribution in [0.4, 0.5) is 0 Å². The first-order valence-electron chi connectivity index (χ1n) is 8.61. The van der Waals surface area contributed by atoms with Gasteiger partial charge in [0.1, 0.15) is 30.2 Å². The molecule has 0 spiro atoms. The van der Waals surface area contributed by atoms with Crippen LogP contribution in [-0.4, -0.2) is 51.3 Å². The first-order chi connectivity index (χ1) is 12.9. The number of aliphatic hydroxyl groups is 3. The van der Waals surface area contributed by atoms with Crippen molar-refractivity contribution >= 4 is 34.2 Å². The minimum Gasteiger partial charge on any atom is -0.497 e. The molecule has 0 aliphatic carbocycles. The van der Waals surface area contributed by atoms with Gasteiger partial charge < -0.3 is 24.8 Å². The van der Waals surface area contributed by atoms with Gasteiger partial charge in [-0.2, -0.15) is 0 Å². The van der Waals surface area contributed by atoms with E-state index >= 15 is 0 Å². The van der Waals surface area contributed by atoms with Crippen LogP contribution in [0.25, 0.3) is 0 Å². The maximum absolute atomic E-state index is 10.4. The molecule has 1 aliphatic heterocycles. The normalized spacial score (nSPS) is 28.1. The molecule has 0 amide bonds. The number of alkyl halides is 1. The summed E-state index contributed by atoms with van der Waals surface area (Å²) in [6.45, 7) is 0. The largest absolute Gasteiger partial charge is 0.497 e. The fraction of sp³-hybridized carbons (Fsp3) is 0.400. The van der Waals surface area contributed by atoms with Crippen molar-refractivity contribution in [2.75, 3.05) is 11.5 Å². The summed E-state index contributed by atoms with van der Waals surface area (Å²) in [6, 6.07) is 13.2. The van der Waals surface area contributed by atoms with Gasteiger partial charge in [-0.25, -0.2) is 0 Å². The molecule has 1 heterocycles. The number of ether oxygens (including phenoxy) is 2. The van der Waals surface area contributed by atoms with Crippen molar-refractivity contribution in [2.24, 2.45) is 0 Å².